The number of para-hydroxylation sites is 1. The van der Waals surface area contributed by atoms with E-state index in [1.807, 2.05) is 30.5 Å². The maximum Gasteiger partial charge on any atom is 0.253 e. The summed E-state index contributed by atoms with van der Waals surface area (Å²) in [7, 11) is 1.72. The maximum atomic E-state index is 12.3. The molecule has 0 spiro atoms. The Kier molecular flexibility index (Phi) is 3.49. The summed E-state index contributed by atoms with van der Waals surface area (Å²) in [6.07, 6.45) is 5.26. The topological polar surface area (TPSA) is 54.1 Å². The number of fused-ring (bicyclic) bond motifs is 1. The van der Waals surface area contributed by atoms with Crippen molar-refractivity contribution in [1.29, 1.82) is 0 Å². The number of rotatable bonds is 6. The molecule has 3 rings (SSSR count). The number of benzene rings is 1. The van der Waals surface area contributed by atoms with E-state index in [4.69, 9.17) is 4.74 Å². The summed E-state index contributed by atoms with van der Waals surface area (Å²) in [5, 5.41) is 4.15. The molecule has 1 heterocycles. The number of amides is 1. The molecule has 2 aromatic rings. The Morgan fingerprint density at radius 3 is 3.00 bits per heavy atom. The number of carbonyl (C=O) groups excluding carboxylic acids is 1. The van der Waals surface area contributed by atoms with Gasteiger partial charge >= 0.3 is 0 Å². The van der Waals surface area contributed by atoms with Crippen LogP contribution in [-0.4, -0.2) is 31.2 Å². The first-order chi connectivity index (χ1) is 9.74. The summed E-state index contributed by atoms with van der Waals surface area (Å²) in [4.78, 5) is 15.5. The van der Waals surface area contributed by atoms with E-state index in [2.05, 4.69) is 10.3 Å². The number of aromatic nitrogens is 1. The molecular formula is C16H20N2O2. The SMILES string of the molecule is COCCC1(CNC(=O)c2cccc3cc[nH]c23)CC1. The second-order valence-corrected chi connectivity index (χ2v) is 5.67. The molecule has 1 aliphatic carbocycles. The predicted molar refractivity (Wildman–Crippen MR) is 78.8 cm³/mol. The third-order valence-electron chi connectivity index (χ3n) is 4.25. The van der Waals surface area contributed by atoms with Gasteiger partial charge in [-0.3, -0.25) is 4.79 Å². The van der Waals surface area contributed by atoms with Crippen molar-refractivity contribution in [3.8, 4) is 0 Å². The fourth-order valence-electron chi connectivity index (χ4n) is 2.65. The number of hydrogen-bond donors (Lipinski definition) is 2. The molecule has 2 N–H and O–H groups in total. The molecule has 1 aromatic carbocycles. The van der Waals surface area contributed by atoms with Gasteiger partial charge in [-0.2, -0.15) is 0 Å². The minimum atomic E-state index is 0.00161. The van der Waals surface area contributed by atoms with Gasteiger partial charge in [0, 0.05) is 31.8 Å². The van der Waals surface area contributed by atoms with Crippen LogP contribution in [0.3, 0.4) is 0 Å². The van der Waals surface area contributed by atoms with Crippen LogP contribution in [0.1, 0.15) is 29.6 Å². The molecule has 1 saturated carbocycles. The molecule has 0 atom stereocenters. The number of hydrogen-bond acceptors (Lipinski definition) is 2. The Balaban J connectivity index is 1.66. The average molecular weight is 272 g/mol. The molecule has 0 aliphatic heterocycles. The summed E-state index contributed by atoms with van der Waals surface area (Å²) in [5.41, 5.74) is 1.90. The van der Waals surface area contributed by atoms with Crippen LogP contribution in [0.2, 0.25) is 0 Å². The molecule has 0 saturated heterocycles. The monoisotopic (exact) mass is 272 g/mol. The molecule has 0 unspecified atom stereocenters. The van der Waals surface area contributed by atoms with Gasteiger partial charge in [-0.15, -0.1) is 0 Å². The molecule has 1 aromatic heterocycles. The minimum Gasteiger partial charge on any atom is -0.385 e. The van der Waals surface area contributed by atoms with Gasteiger partial charge < -0.3 is 15.0 Å². The lowest BCUT2D eigenvalue weighted by molar-refractivity contribution is 0.0939. The first-order valence-corrected chi connectivity index (χ1v) is 7.07. The highest BCUT2D eigenvalue weighted by Gasteiger charge is 2.42. The zero-order chi connectivity index (χ0) is 14.0. The van der Waals surface area contributed by atoms with Crippen LogP contribution in [0.25, 0.3) is 10.9 Å². The van der Waals surface area contributed by atoms with Crippen molar-refractivity contribution in [3.63, 3.8) is 0 Å². The largest absolute Gasteiger partial charge is 0.385 e. The van der Waals surface area contributed by atoms with Crippen molar-refractivity contribution >= 4 is 16.8 Å². The van der Waals surface area contributed by atoms with Gasteiger partial charge in [0.1, 0.15) is 0 Å². The van der Waals surface area contributed by atoms with Gasteiger partial charge in [0.05, 0.1) is 11.1 Å². The first-order valence-electron chi connectivity index (χ1n) is 7.07. The van der Waals surface area contributed by atoms with Crippen LogP contribution in [0.5, 0.6) is 0 Å². The van der Waals surface area contributed by atoms with E-state index in [1.165, 1.54) is 12.8 Å². The van der Waals surface area contributed by atoms with Crippen molar-refractivity contribution < 1.29 is 9.53 Å². The zero-order valence-electron chi connectivity index (χ0n) is 11.7. The summed E-state index contributed by atoms with van der Waals surface area (Å²) < 4.78 is 5.14. The van der Waals surface area contributed by atoms with Crippen LogP contribution < -0.4 is 5.32 Å². The molecule has 20 heavy (non-hydrogen) atoms. The highest BCUT2D eigenvalue weighted by molar-refractivity contribution is 6.05. The summed E-state index contributed by atoms with van der Waals surface area (Å²) >= 11 is 0. The minimum absolute atomic E-state index is 0.00161. The van der Waals surface area contributed by atoms with E-state index in [0.717, 1.165) is 36.0 Å². The van der Waals surface area contributed by atoms with Crippen LogP contribution in [-0.2, 0) is 4.74 Å². The lowest BCUT2D eigenvalue weighted by atomic mass is 10.0. The summed E-state index contributed by atoms with van der Waals surface area (Å²) in [6, 6.07) is 7.77. The standard InChI is InChI=1S/C16H20N2O2/c1-20-10-8-16(6-7-16)11-18-15(19)13-4-2-3-12-5-9-17-14(12)13/h2-5,9,17H,6-8,10-11H2,1H3,(H,18,19). The molecule has 1 aliphatic rings. The van der Waals surface area contributed by atoms with Crippen LogP contribution >= 0.6 is 0 Å². The Hall–Kier alpha value is -1.81. The average Bonchev–Trinajstić information content (AvgIpc) is 3.08. The van der Waals surface area contributed by atoms with Gasteiger partial charge in [-0.1, -0.05) is 12.1 Å². The number of methoxy groups -OCH3 is 1. The van der Waals surface area contributed by atoms with Gasteiger partial charge in [-0.25, -0.2) is 0 Å². The molecule has 106 valence electrons. The van der Waals surface area contributed by atoms with E-state index in [1.54, 1.807) is 7.11 Å². The lowest BCUT2D eigenvalue weighted by Crippen LogP contribution is -2.31. The van der Waals surface area contributed by atoms with Gasteiger partial charge in [0.2, 0.25) is 0 Å². The second-order valence-electron chi connectivity index (χ2n) is 5.67. The molecule has 4 heteroatoms. The number of carbonyl (C=O) groups is 1. The zero-order valence-corrected chi connectivity index (χ0v) is 11.7. The van der Waals surface area contributed by atoms with Gasteiger partial charge in [0.25, 0.3) is 5.91 Å². The Morgan fingerprint density at radius 2 is 2.25 bits per heavy atom. The van der Waals surface area contributed by atoms with Crippen molar-refractivity contribution in [2.75, 3.05) is 20.3 Å². The number of aromatic amines is 1. The molecule has 0 radical (unpaired) electrons. The van der Waals surface area contributed by atoms with E-state index < -0.39 is 0 Å². The van der Waals surface area contributed by atoms with Gasteiger partial charge in [0.15, 0.2) is 0 Å². The van der Waals surface area contributed by atoms with Gasteiger partial charge in [-0.05, 0) is 36.8 Å². The maximum absolute atomic E-state index is 12.3. The van der Waals surface area contributed by atoms with Crippen molar-refractivity contribution in [2.24, 2.45) is 5.41 Å². The quantitative estimate of drug-likeness (QED) is 0.849. The Morgan fingerprint density at radius 1 is 1.40 bits per heavy atom. The summed E-state index contributed by atoms with van der Waals surface area (Å²) in [5.74, 6) is 0.00161. The molecule has 1 fully saturated rings. The fraction of sp³-hybridized carbons (Fsp3) is 0.438. The predicted octanol–water partition coefficient (Wildman–Crippen LogP) is 2.71. The van der Waals surface area contributed by atoms with E-state index in [9.17, 15) is 4.79 Å². The highest BCUT2D eigenvalue weighted by atomic mass is 16.5. The van der Waals surface area contributed by atoms with Crippen molar-refractivity contribution in [1.82, 2.24) is 10.3 Å². The van der Waals surface area contributed by atoms with Crippen molar-refractivity contribution in [3.05, 3.63) is 36.0 Å². The molecular weight excluding hydrogens is 252 g/mol. The normalized spacial score (nSPS) is 16.2. The smallest absolute Gasteiger partial charge is 0.253 e. The Bertz CT molecular complexity index is 614. The number of ether oxygens (including phenoxy) is 1. The van der Waals surface area contributed by atoms with Crippen LogP contribution in [0.15, 0.2) is 30.5 Å². The third-order valence-corrected chi connectivity index (χ3v) is 4.25. The third kappa shape index (κ3) is 2.56. The van der Waals surface area contributed by atoms with Crippen molar-refractivity contribution in [2.45, 2.75) is 19.3 Å². The second kappa shape index (κ2) is 5.29. The van der Waals surface area contributed by atoms with E-state index in [0.29, 0.717) is 0 Å². The number of H-pyrrole nitrogens is 1. The van der Waals surface area contributed by atoms with Crippen LogP contribution in [0.4, 0.5) is 0 Å². The highest BCUT2D eigenvalue weighted by Crippen LogP contribution is 2.48. The van der Waals surface area contributed by atoms with Crippen LogP contribution in [0, 0.1) is 5.41 Å². The number of nitrogens with one attached hydrogen (secondary N) is 2. The fourth-order valence-corrected chi connectivity index (χ4v) is 2.65. The molecule has 1 amide bonds. The molecule has 4 nitrogen and oxygen atoms in total. The Labute approximate surface area is 118 Å². The lowest BCUT2D eigenvalue weighted by Gasteiger charge is -2.15. The van der Waals surface area contributed by atoms with E-state index >= 15 is 0 Å². The first kappa shape index (κ1) is 13.2. The molecule has 0 bridgehead atoms. The summed E-state index contributed by atoms with van der Waals surface area (Å²) in [6.45, 7) is 1.51. The van der Waals surface area contributed by atoms with E-state index in [-0.39, 0.29) is 11.3 Å².